The molecule has 76 valence electrons. The summed E-state index contributed by atoms with van der Waals surface area (Å²) in [6.45, 7) is 4.05. The lowest BCUT2D eigenvalue weighted by Gasteiger charge is -2.17. The van der Waals surface area contributed by atoms with Crippen LogP contribution in [0.4, 0.5) is 0 Å². The van der Waals surface area contributed by atoms with Crippen LogP contribution >= 0.6 is 15.9 Å². The summed E-state index contributed by atoms with van der Waals surface area (Å²) < 4.78 is 0. The molecule has 1 saturated carbocycles. The Morgan fingerprint density at radius 2 is 1.92 bits per heavy atom. The summed E-state index contributed by atoms with van der Waals surface area (Å²) in [4.78, 5) is 0.574. The summed E-state index contributed by atoms with van der Waals surface area (Å²) >= 11 is 3.65. The van der Waals surface area contributed by atoms with Crippen molar-refractivity contribution in [3.63, 3.8) is 0 Å². The van der Waals surface area contributed by atoms with Crippen LogP contribution in [0.1, 0.15) is 44.9 Å². The van der Waals surface area contributed by atoms with E-state index < -0.39 is 0 Å². The minimum absolute atomic E-state index is 0.0781. The lowest BCUT2D eigenvalue weighted by Crippen LogP contribution is -2.10. The molecule has 1 N–H and O–H groups in total. The fraction of sp³-hybridized carbons (Fsp3) is 0.818. The van der Waals surface area contributed by atoms with Crippen LogP contribution in [0.15, 0.2) is 12.2 Å². The molecule has 1 fully saturated rings. The van der Waals surface area contributed by atoms with Crippen molar-refractivity contribution in [2.75, 3.05) is 0 Å². The second-order valence-corrected chi connectivity index (χ2v) is 5.32. The lowest BCUT2D eigenvalue weighted by atomic mass is 9.97. The first-order valence-corrected chi connectivity index (χ1v) is 6.09. The van der Waals surface area contributed by atoms with Crippen LogP contribution < -0.4 is 0 Å². The number of hydrogen-bond acceptors (Lipinski definition) is 1. The Labute approximate surface area is 89.4 Å². The number of alkyl halides is 1. The van der Waals surface area contributed by atoms with Gasteiger partial charge in [-0.25, -0.2) is 0 Å². The van der Waals surface area contributed by atoms with Crippen LogP contribution in [0, 0.1) is 0 Å². The highest BCUT2D eigenvalue weighted by Gasteiger charge is 2.11. The molecule has 13 heavy (non-hydrogen) atoms. The first-order chi connectivity index (χ1) is 6.18. The third-order valence-electron chi connectivity index (χ3n) is 2.63. The molecule has 0 aromatic carbocycles. The molecule has 0 radical (unpaired) electrons. The van der Waals surface area contributed by atoms with Crippen molar-refractivity contribution in [2.24, 2.45) is 0 Å². The monoisotopic (exact) mass is 246 g/mol. The highest BCUT2D eigenvalue weighted by molar-refractivity contribution is 9.09. The van der Waals surface area contributed by atoms with E-state index in [1.807, 2.05) is 0 Å². The largest absolute Gasteiger partial charge is 0.393 e. The quantitative estimate of drug-likeness (QED) is 0.513. The first-order valence-electron chi connectivity index (χ1n) is 5.17. The average molecular weight is 247 g/mol. The minimum atomic E-state index is -0.0781. The van der Waals surface area contributed by atoms with E-state index in [1.165, 1.54) is 5.57 Å². The summed E-state index contributed by atoms with van der Waals surface area (Å²) in [7, 11) is 0. The van der Waals surface area contributed by atoms with Gasteiger partial charge in [-0.05, 0) is 44.9 Å². The summed E-state index contributed by atoms with van der Waals surface area (Å²) in [5, 5.41) is 9.56. The molecule has 1 aliphatic carbocycles. The predicted molar refractivity (Wildman–Crippen MR) is 60.2 cm³/mol. The van der Waals surface area contributed by atoms with E-state index in [4.69, 9.17) is 0 Å². The molecule has 2 heteroatoms. The zero-order valence-corrected chi connectivity index (χ0v) is 9.72. The van der Waals surface area contributed by atoms with Gasteiger partial charge >= 0.3 is 0 Å². The zero-order valence-electron chi connectivity index (χ0n) is 8.14. The van der Waals surface area contributed by atoms with Gasteiger partial charge in [0.2, 0.25) is 0 Å². The summed E-state index contributed by atoms with van der Waals surface area (Å²) in [5.41, 5.74) is 1.33. The van der Waals surface area contributed by atoms with Crippen LogP contribution in [-0.2, 0) is 0 Å². The zero-order chi connectivity index (χ0) is 9.68. The molecular weight excluding hydrogens is 228 g/mol. The maximum atomic E-state index is 9.56. The summed E-state index contributed by atoms with van der Waals surface area (Å²) in [5.74, 6) is 0. The molecular formula is C11H19BrO. The molecule has 0 spiro atoms. The van der Waals surface area contributed by atoms with Crippen LogP contribution in [0.5, 0.6) is 0 Å². The van der Waals surface area contributed by atoms with E-state index in [0.717, 1.165) is 44.9 Å². The van der Waals surface area contributed by atoms with Crippen LogP contribution in [0.25, 0.3) is 0 Å². The van der Waals surface area contributed by atoms with Crippen molar-refractivity contribution < 1.29 is 5.11 Å². The van der Waals surface area contributed by atoms with Crippen molar-refractivity contribution in [1.29, 1.82) is 0 Å². The average Bonchev–Trinajstić information content (AvgIpc) is 2.03. The molecule has 1 rings (SSSR count). The highest BCUT2D eigenvalue weighted by atomic mass is 79.9. The normalized spacial score (nSPS) is 32.9. The summed E-state index contributed by atoms with van der Waals surface area (Å²) in [6.07, 6.45) is 7.42. The second-order valence-electron chi connectivity index (χ2n) is 4.03. The van der Waals surface area contributed by atoms with Crippen molar-refractivity contribution in [3.8, 4) is 0 Å². The van der Waals surface area contributed by atoms with E-state index in [2.05, 4.69) is 22.5 Å². The Morgan fingerprint density at radius 1 is 1.23 bits per heavy atom. The van der Waals surface area contributed by atoms with Crippen LogP contribution in [0.2, 0.25) is 0 Å². The predicted octanol–water partition coefficient (Wildman–Crippen LogP) is 3.41. The fourth-order valence-electron chi connectivity index (χ4n) is 1.82. The van der Waals surface area contributed by atoms with Crippen molar-refractivity contribution >= 4 is 15.9 Å². The third kappa shape index (κ3) is 4.82. The molecule has 0 heterocycles. The van der Waals surface area contributed by atoms with Gasteiger partial charge in [-0.3, -0.25) is 0 Å². The molecule has 1 aliphatic rings. The number of halogens is 1. The van der Waals surface area contributed by atoms with E-state index in [-0.39, 0.29) is 6.10 Å². The third-order valence-corrected chi connectivity index (χ3v) is 3.41. The molecule has 0 amide bonds. The second kappa shape index (κ2) is 5.82. The van der Waals surface area contributed by atoms with E-state index in [1.54, 1.807) is 0 Å². The van der Waals surface area contributed by atoms with Gasteiger partial charge in [0.25, 0.3) is 0 Å². The smallest absolute Gasteiger partial charge is 0.0540 e. The standard InChI is InChI=1S/C11H19BrO/c1-9-4-2-6-11(13)7-3-5-10(12)8-9/h10-11,13H,1-8H2/t10?,11-/m0/s1. The van der Waals surface area contributed by atoms with Gasteiger partial charge in [-0.15, -0.1) is 0 Å². The Balaban J connectivity index is 2.37. The molecule has 2 atom stereocenters. The van der Waals surface area contributed by atoms with Crippen LogP contribution in [-0.4, -0.2) is 16.0 Å². The fourth-order valence-corrected chi connectivity index (χ4v) is 2.61. The number of hydrogen-bond donors (Lipinski definition) is 1. The first kappa shape index (κ1) is 11.3. The van der Waals surface area contributed by atoms with Gasteiger partial charge in [-0.2, -0.15) is 0 Å². The van der Waals surface area contributed by atoms with Gasteiger partial charge in [0.15, 0.2) is 0 Å². The van der Waals surface area contributed by atoms with Gasteiger partial charge in [-0.1, -0.05) is 28.1 Å². The molecule has 0 saturated heterocycles. The van der Waals surface area contributed by atoms with E-state index in [0.29, 0.717) is 4.83 Å². The van der Waals surface area contributed by atoms with Crippen molar-refractivity contribution in [2.45, 2.75) is 55.9 Å². The molecule has 0 bridgehead atoms. The molecule has 0 aromatic rings. The SMILES string of the molecule is C=C1CCC[C@H](O)CCCC(Br)C1. The molecule has 0 aliphatic heterocycles. The Morgan fingerprint density at radius 3 is 2.69 bits per heavy atom. The number of aliphatic hydroxyl groups is 1. The summed E-state index contributed by atoms with van der Waals surface area (Å²) in [6, 6.07) is 0. The lowest BCUT2D eigenvalue weighted by molar-refractivity contribution is 0.147. The number of aliphatic hydroxyl groups excluding tert-OH is 1. The Kier molecular flexibility index (Phi) is 5.04. The van der Waals surface area contributed by atoms with E-state index >= 15 is 0 Å². The van der Waals surface area contributed by atoms with Crippen molar-refractivity contribution in [3.05, 3.63) is 12.2 Å². The topological polar surface area (TPSA) is 20.2 Å². The van der Waals surface area contributed by atoms with Gasteiger partial charge in [0.1, 0.15) is 0 Å². The maximum absolute atomic E-state index is 9.56. The van der Waals surface area contributed by atoms with E-state index in [9.17, 15) is 5.11 Å². The maximum Gasteiger partial charge on any atom is 0.0540 e. The Hall–Kier alpha value is 0.180. The molecule has 0 aromatic heterocycles. The van der Waals surface area contributed by atoms with Crippen LogP contribution in [0.3, 0.4) is 0 Å². The van der Waals surface area contributed by atoms with Gasteiger partial charge < -0.3 is 5.11 Å². The molecule has 1 nitrogen and oxygen atoms in total. The van der Waals surface area contributed by atoms with Crippen molar-refractivity contribution in [1.82, 2.24) is 0 Å². The Bertz CT molecular complexity index is 167. The molecule has 1 unspecified atom stereocenters. The van der Waals surface area contributed by atoms with Gasteiger partial charge in [0.05, 0.1) is 6.10 Å². The van der Waals surface area contributed by atoms with Gasteiger partial charge in [0, 0.05) is 4.83 Å². The highest BCUT2D eigenvalue weighted by Crippen LogP contribution is 2.24. The minimum Gasteiger partial charge on any atom is -0.393 e. The number of rotatable bonds is 0. The number of allylic oxidation sites excluding steroid dienone is 1.